The summed E-state index contributed by atoms with van der Waals surface area (Å²) in [7, 11) is 1.32. The van der Waals surface area contributed by atoms with E-state index in [0.717, 1.165) is 0 Å². The summed E-state index contributed by atoms with van der Waals surface area (Å²) < 4.78 is 16.3. The Hall–Kier alpha value is -4.04. The van der Waals surface area contributed by atoms with Gasteiger partial charge in [0.05, 0.1) is 40.9 Å². The van der Waals surface area contributed by atoms with Crippen LogP contribution < -0.4 is 25.5 Å². The smallest absolute Gasteiger partial charge is 0.338 e. The van der Waals surface area contributed by atoms with Gasteiger partial charge in [-0.3, -0.25) is 14.9 Å². The molecule has 0 bridgehead atoms. The largest absolute Gasteiger partial charge is 0.489 e. The Morgan fingerprint density at radius 3 is 2.74 bits per heavy atom. The molecule has 14 heteroatoms. The molecule has 0 aliphatic carbocycles. The molecule has 0 aromatic heterocycles. The Morgan fingerprint density at radius 1 is 1.32 bits per heavy atom. The molecule has 3 rings (SSSR count). The van der Waals surface area contributed by atoms with Crippen LogP contribution in [0, 0.1) is 10.1 Å². The van der Waals surface area contributed by atoms with Crippen molar-refractivity contribution in [1.29, 1.82) is 0 Å². The highest BCUT2D eigenvalue weighted by Crippen LogP contribution is 2.36. The predicted molar refractivity (Wildman–Crippen MR) is 146 cm³/mol. The zero-order chi connectivity index (χ0) is 27.8. The number of esters is 1. The van der Waals surface area contributed by atoms with Crippen molar-refractivity contribution >= 4 is 57.0 Å². The molecule has 2 aromatic rings. The van der Waals surface area contributed by atoms with Crippen molar-refractivity contribution in [3.05, 3.63) is 73.4 Å². The number of methoxy groups -OCH3 is 1. The van der Waals surface area contributed by atoms with E-state index in [1.54, 1.807) is 44.2 Å². The second-order valence-corrected chi connectivity index (χ2v) is 8.99. The summed E-state index contributed by atoms with van der Waals surface area (Å²) in [5.41, 5.74) is 3.87. The first kappa shape index (κ1) is 28.5. The van der Waals surface area contributed by atoms with E-state index in [0.29, 0.717) is 37.7 Å². The Kier molecular flexibility index (Phi) is 9.73. The molecule has 1 aliphatic rings. The number of nitro benzene ring substituents is 1. The third-order valence-electron chi connectivity index (χ3n) is 5.20. The average molecular weight is 606 g/mol. The maximum Gasteiger partial charge on any atom is 0.338 e. The van der Waals surface area contributed by atoms with Gasteiger partial charge >= 0.3 is 11.7 Å². The lowest BCUT2D eigenvalue weighted by atomic mass is 9.95. The summed E-state index contributed by atoms with van der Waals surface area (Å²) in [6.07, 6.45) is 1.25. The van der Waals surface area contributed by atoms with Crippen LogP contribution in [-0.4, -0.2) is 48.5 Å². The van der Waals surface area contributed by atoms with Gasteiger partial charge < -0.3 is 24.8 Å². The lowest BCUT2D eigenvalue weighted by Gasteiger charge is -2.30. The van der Waals surface area contributed by atoms with Crippen molar-refractivity contribution in [3.63, 3.8) is 0 Å². The van der Waals surface area contributed by atoms with Gasteiger partial charge in [-0.25, -0.2) is 10.2 Å². The Labute approximate surface area is 231 Å². The number of nitrogens with zero attached hydrogens (tertiary/aromatic N) is 2. The molecule has 0 saturated heterocycles. The van der Waals surface area contributed by atoms with Gasteiger partial charge in [0.25, 0.3) is 5.91 Å². The molecule has 1 atom stereocenters. The van der Waals surface area contributed by atoms with Crippen LogP contribution >= 0.6 is 28.1 Å². The number of carbonyl (C=O) groups excluding carboxylic acids is 2. The number of hydrogen-bond donors (Lipinski definition) is 3. The van der Waals surface area contributed by atoms with Gasteiger partial charge in [0.1, 0.15) is 5.75 Å². The molecule has 3 N–H and O–H groups in total. The number of hydrogen-bond acceptors (Lipinski definition) is 9. The Bertz CT molecular complexity index is 1330. The third-order valence-corrected chi connectivity index (χ3v) is 6.01. The summed E-state index contributed by atoms with van der Waals surface area (Å²) >= 11 is 8.49. The van der Waals surface area contributed by atoms with E-state index >= 15 is 0 Å². The second-order valence-electron chi connectivity index (χ2n) is 7.72. The standard InChI is InChI=1S/C24H24BrN5O7S/c1-4-36-23(32)20-13(2)27-24(38)28-21(20)15-7-5-6-8-18(15)37-12-19(31)29-26-11-14-9-16(25)22(35-3)17(10-14)30(33)34/h5-11,21H,4,12H2,1-3H3,(H,29,31)(H2,27,28,38)/t21-/m0/s1. The number of nitro groups is 1. The minimum Gasteiger partial charge on any atom is -0.489 e. The third kappa shape index (κ3) is 6.83. The molecule has 1 heterocycles. The maximum atomic E-state index is 12.7. The SMILES string of the molecule is CCOC(=O)C1=C(C)NC(=S)N[C@H]1c1ccccc1OCC(=O)NN=Cc1cc(Br)c(OC)c([N+](=O)[O-])c1. The second kappa shape index (κ2) is 13.0. The molecular formula is C24H24BrN5O7S. The number of ether oxygens (including phenoxy) is 3. The van der Waals surface area contributed by atoms with Crippen LogP contribution in [0.15, 0.2) is 57.2 Å². The summed E-state index contributed by atoms with van der Waals surface area (Å²) in [6, 6.07) is 9.06. The van der Waals surface area contributed by atoms with E-state index in [9.17, 15) is 19.7 Å². The Balaban J connectivity index is 1.72. The molecule has 0 unspecified atom stereocenters. The van der Waals surface area contributed by atoms with E-state index in [2.05, 4.69) is 37.1 Å². The number of hydrazone groups is 1. The first-order chi connectivity index (χ1) is 18.2. The zero-order valence-electron chi connectivity index (χ0n) is 20.6. The van der Waals surface area contributed by atoms with Gasteiger partial charge in [-0.15, -0.1) is 0 Å². The highest BCUT2D eigenvalue weighted by Gasteiger charge is 2.32. The lowest BCUT2D eigenvalue weighted by molar-refractivity contribution is -0.385. The number of allylic oxidation sites excluding steroid dienone is 1. The molecule has 200 valence electrons. The molecule has 0 radical (unpaired) electrons. The fourth-order valence-corrected chi connectivity index (χ4v) is 4.52. The molecule has 0 fully saturated rings. The van der Waals surface area contributed by atoms with Gasteiger partial charge in [-0.05, 0) is 54.1 Å². The quantitative estimate of drug-likeness (QED) is 0.121. The van der Waals surface area contributed by atoms with Crippen molar-refractivity contribution in [1.82, 2.24) is 16.1 Å². The molecule has 0 spiro atoms. The molecule has 38 heavy (non-hydrogen) atoms. The number of carbonyl (C=O) groups is 2. The maximum absolute atomic E-state index is 12.7. The highest BCUT2D eigenvalue weighted by molar-refractivity contribution is 9.10. The van der Waals surface area contributed by atoms with Crippen molar-refractivity contribution in [2.75, 3.05) is 20.3 Å². The molecule has 0 saturated carbocycles. The van der Waals surface area contributed by atoms with E-state index < -0.39 is 29.4 Å². The first-order valence-corrected chi connectivity index (χ1v) is 12.4. The van der Waals surface area contributed by atoms with E-state index in [1.165, 1.54) is 19.4 Å². The Morgan fingerprint density at radius 2 is 2.05 bits per heavy atom. The number of benzene rings is 2. The van der Waals surface area contributed by atoms with E-state index in [1.807, 2.05) is 0 Å². The fourth-order valence-electron chi connectivity index (χ4n) is 3.62. The summed E-state index contributed by atoms with van der Waals surface area (Å²) in [5, 5.41) is 21.4. The highest BCUT2D eigenvalue weighted by atomic mass is 79.9. The van der Waals surface area contributed by atoms with Gasteiger partial charge in [0.2, 0.25) is 5.75 Å². The van der Waals surface area contributed by atoms with Crippen molar-refractivity contribution in [3.8, 4) is 11.5 Å². The first-order valence-electron chi connectivity index (χ1n) is 11.2. The summed E-state index contributed by atoms with van der Waals surface area (Å²) in [4.78, 5) is 35.7. The van der Waals surface area contributed by atoms with Crippen LogP contribution in [0.4, 0.5) is 5.69 Å². The van der Waals surface area contributed by atoms with Gasteiger partial charge in [0.15, 0.2) is 11.7 Å². The fraction of sp³-hybridized carbons (Fsp3) is 0.250. The zero-order valence-corrected chi connectivity index (χ0v) is 23.0. The molecule has 1 amide bonds. The number of halogens is 1. The number of para-hydroxylation sites is 1. The molecule has 12 nitrogen and oxygen atoms in total. The van der Waals surface area contributed by atoms with Crippen LogP contribution in [-0.2, 0) is 14.3 Å². The topological polar surface area (TPSA) is 153 Å². The van der Waals surface area contributed by atoms with Crippen LogP contribution in [0.1, 0.15) is 31.0 Å². The van der Waals surface area contributed by atoms with Gasteiger partial charge in [-0.1, -0.05) is 18.2 Å². The minimum atomic E-state index is -0.663. The van der Waals surface area contributed by atoms with Gasteiger partial charge in [-0.2, -0.15) is 5.10 Å². The van der Waals surface area contributed by atoms with E-state index in [-0.39, 0.29) is 18.0 Å². The van der Waals surface area contributed by atoms with Crippen molar-refractivity contribution in [2.24, 2.45) is 5.10 Å². The molecular weight excluding hydrogens is 582 g/mol. The number of thiocarbonyl (C=S) groups is 1. The molecule has 1 aliphatic heterocycles. The average Bonchev–Trinajstić information content (AvgIpc) is 2.87. The number of rotatable bonds is 10. The minimum absolute atomic E-state index is 0.0726. The monoisotopic (exact) mass is 605 g/mol. The number of nitrogens with one attached hydrogen (secondary N) is 3. The van der Waals surface area contributed by atoms with Crippen LogP contribution in [0.3, 0.4) is 0 Å². The normalized spacial score (nSPS) is 14.9. The van der Waals surface area contributed by atoms with Crippen LogP contribution in [0.25, 0.3) is 0 Å². The lowest BCUT2D eigenvalue weighted by Crippen LogP contribution is -2.45. The number of amides is 1. The predicted octanol–water partition coefficient (Wildman–Crippen LogP) is 3.25. The summed E-state index contributed by atoms with van der Waals surface area (Å²) in [5.74, 6) is -0.671. The van der Waals surface area contributed by atoms with Crippen molar-refractivity contribution < 1.29 is 28.7 Å². The summed E-state index contributed by atoms with van der Waals surface area (Å²) in [6.45, 7) is 3.24. The molecule has 2 aromatic carbocycles. The van der Waals surface area contributed by atoms with Gasteiger partial charge in [0, 0.05) is 22.9 Å². The van der Waals surface area contributed by atoms with Crippen molar-refractivity contribution in [2.45, 2.75) is 19.9 Å². The van der Waals surface area contributed by atoms with E-state index in [4.69, 9.17) is 26.4 Å². The van der Waals surface area contributed by atoms with Crippen LogP contribution in [0.2, 0.25) is 0 Å². The van der Waals surface area contributed by atoms with Crippen LogP contribution in [0.5, 0.6) is 11.5 Å².